The molecule has 1 aromatic rings. The molecule has 4 nitrogen and oxygen atoms in total. The van der Waals surface area contributed by atoms with Gasteiger partial charge in [-0.15, -0.1) is 0 Å². The Labute approximate surface area is 77.8 Å². The average Bonchev–Trinajstić information content (AvgIpc) is 2.18. The number of carbonyl (C=O) groups is 1. The molecule has 5 heteroatoms. The molecule has 0 saturated carbocycles. The number of hydrogen-bond donors (Lipinski definition) is 0. The fourth-order valence-electron chi connectivity index (χ4n) is 0.771. The highest BCUT2D eigenvalue weighted by atomic mass is 16.5. The topological polar surface area (TPSA) is 52.1 Å². The first kappa shape index (κ1) is 9.70. The van der Waals surface area contributed by atoms with Crippen molar-refractivity contribution in [2.24, 2.45) is 0 Å². The number of hydrogen-bond acceptors (Lipinski definition) is 4. The van der Waals surface area contributed by atoms with Crippen LogP contribution >= 0.6 is 0 Å². The summed E-state index contributed by atoms with van der Waals surface area (Å²) in [6, 6.07) is 0. The number of carbonyl (C=O) groups excluding carboxylic acids is 1. The van der Waals surface area contributed by atoms with Gasteiger partial charge in [0.1, 0.15) is 0 Å². The highest BCUT2D eigenvalue weighted by molar-refractivity contribution is 6.08. The highest BCUT2D eigenvalue weighted by Crippen LogP contribution is 1.97. The van der Waals surface area contributed by atoms with Crippen molar-refractivity contribution >= 4 is 13.8 Å². The first-order valence-corrected chi connectivity index (χ1v) is 3.96. The van der Waals surface area contributed by atoms with Gasteiger partial charge < -0.3 is 4.74 Å². The normalized spacial score (nSPS) is 9.62. The molecule has 0 amide bonds. The van der Waals surface area contributed by atoms with Gasteiger partial charge in [-0.2, -0.15) is 0 Å². The summed E-state index contributed by atoms with van der Waals surface area (Å²) < 4.78 is 4.73. The van der Waals surface area contributed by atoms with Gasteiger partial charge >= 0.3 is 5.97 Å². The van der Waals surface area contributed by atoms with Crippen molar-refractivity contribution in [3.63, 3.8) is 0 Å². The Morgan fingerprint density at radius 2 is 2.31 bits per heavy atom. The predicted molar refractivity (Wildman–Crippen MR) is 47.4 cm³/mol. The monoisotopic (exact) mass is 176 g/mol. The van der Waals surface area contributed by atoms with Crippen molar-refractivity contribution in [1.82, 2.24) is 9.97 Å². The average molecular weight is 176 g/mol. The van der Waals surface area contributed by atoms with Crippen LogP contribution in [-0.2, 0) is 11.1 Å². The van der Waals surface area contributed by atoms with Gasteiger partial charge in [0.05, 0.1) is 26.3 Å². The first-order chi connectivity index (χ1) is 6.27. The van der Waals surface area contributed by atoms with E-state index in [2.05, 4.69) is 9.97 Å². The molecule has 0 aliphatic carbocycles. The highest BCUT2D eigenvalue weighted by Gasteiger charge is 2.07. The molecule has 0 atom stereocenters. The molecule has 1 rings (SSSR count). The molecule has 0 fully saturated rings. The minimum Gasteiger partial charge on any atom is -0.461 e. The maximum Gasteiger partial charge on any atom is 0.358 e. The zero-order valence-corrected chi connectivity index (χ0v) is 7.36. The summed E-state index contributed by atoms with van der Waals surface area (Å²) in [5.74, 6) is -0.460. The summed E-state index contributed by atoms with van der Waals surface area (Å²) in [6.07, 6.45) is 3.14. The molecule has 0 aromatic carbocycles. The van der Waals surface area contributed by atoms with E-state index in [0.717, 1.165) is 0 Å². The van der Waals surface area contributed by atoms with Gasteiger partial charge in [0.15, 0.2) is 5.69 Å². The van der Waals surface area contributed by atoms with Gasteiger partial charge in [-0.3, -0.25) is 4.98 Å². The minimum atomic E-state index is -0.460. The molecule has 13 heavy (non-hydrogen) atoms. The molecule has 0 saturated heterocycles. The van der Waals surface area contributed by atoms with Gasteiger partial charge in [-0.1, -0.05) is 0 Å². The summed E-state index contributed by atoms with van der Waals surface area (Å²) in [4.78, 5) is 18.9. The van der Waals surface area contributed by atoms with Gasteiger partial charge in [0.2, 0.25) is 0 Å². The SMILES string of the molecule is [B]Cc1cnc(C(=O)OCC)cn1. The zero-order valence-electron chi connectivity index (χ0n) is 7.36. The molecule has 0 unspecified atom stereocenters. The minimum absolute atomic E-state index is 0.207. The Morgan fingerprint density at radius 3 is 2.77 bits per heavy atom. The second-order valence-electron chi connectivity index (χ2n) is 2.32. The van der Waals surface area contributed by atoms with Crippen LogP contribution in [0.3, 0.4) is 0 Å². The Kier molecular flexibility index (Phi) is 3.43. The molecule has 0 aliphatic heterocycles. The summed E-state index contributed by atoms with van der Waals surface area (Å²) >= 11 is 0. The largest absolute Gasteiger partial charge is 0.461 e. The lowest BCUT2D eigenvalue weighted by Gasteiger charge is -2.00. The molecular formula is C8H9BN2O2. The molecule has 1 heterocycles. The first-order valence-electron chi connectivity index (χ1n) is 3.96. The third-order valence-corrected chi connectivity index (χ3v) is 1.40. The van der Waals surface area contributed by atoms with E-state index < -0.39 is 5.97 Å². The lowest BCUT2D eigenvalue weighted by molar-refractivity contribution is 0.0519. The predicted octanol–water partition coefficient (Wildman–Crippen LogP) is 0.322. The number of rotatable bonds is 3. The smallest absolute Gasteiger partial charge is 0.358 e. The number of esters is 1. The van der Waals surface area contributed by atoms with E-state index in [9.17, 15) is 4.79 Å². The second kappa shape index (κ2) is 4.59. The molecule has 1 aromatic heterocycles. The van der Waals surface area contributed by atoms with Crippen LogP contribution in [-0.4, -0.2) is 30.4 Å². The van der Waals surface area contributed by atoms with E-state index in [1.165, 1.54) is 12.4 Å². The van der Waals surface area contributed by atoms with E-state index in [1.807, 2.05) is 0 Å². The van der Waals surface area contributed by atoms with E-state index in [4.69, 9.17) is 12.6 Å². The van der Waals surface area contributed by atoms with Crippen molar-refractivity contribution in [3.05, 3.63) is 23.8 Å². The molecule has 2 radical (unpaired) electrons. The van der Waals surface area contributed by atoms with E-state index in [0.29, 0.717) is 18.6 Å². The lowest BCUT2D eigenvalue weighted by atomic mass is 10.0. The number of nitrogens with zero attached hydrogens (tertiary/aromatic N) is 2. The van der Waals surface area contributed by atoms with Crippen LogP contribution in [0.15, 0.2) is 12.4 Å². The Balaban J connectivity index is 2.74. The Hall–Kier alpha value is -1.39. The van der Waals surface area contributed by atoms with Crippen LogP contribution in [0.1, 0.15) is 23.1 Å². The van der Waals surface area contributed by atoms with Gasteiger partial charge in [-0.25, -0.2) is 9.78 Å². The van der Waals surface area contributed by atoms with Crippen LogP contribution in [0.2, 0.25) is 0 Å². The van der Waals surface area contributed by atoms with Gasteiger partial charge in [0.25, 0.3) is 0 Å². The lowest BCUT2D eigenvalue weighted by Crippen LogP contribution is -2.08. The Bertz CT molecular complexity index is 287. The van der Waals surface area contributed by atoms with Crippen LogP contribution in [0.4, 0.5) is 0 Å². The van der Waals surface area contributed by atoms with E-state index >= 15 is 0 Å². The van der Waals surface area contributed by atoms with E-state index in [1.54, 1.807) is 6.92 Å². The fourth-order valence-corrected chi connectivity index (χ4v) is 0.771. The van der Waals surface area contributed by atoms with E-state index in [-0.39, 0.29) is 5.69 Å². The summed E-state index contributed by atoms with van der Waals surface area (Å²) in [5, 5.41) is 0. The second-order valence-corrected chi connectivity index (χ2v) is 2.32. The quantitative estimate of drug-likeness (QED) is 0.491. The summed E-state index contributed by atoms with van der Waals surface area (Å²) in [5.41, 5.74) is 0.854. The van der Waals surface area contributed by atoms with Crippen LogP contribution in [0.25, 0.3) is 0 Å². The van der Waals surface area contributed by atoms with Crippen LogP contribution in [0.5, 0.6) is 0 Å². The zero-order chi connectivity index (χ0) is 9.68. The third-order valence-electron chi connectivity index (χ3n) is 1.40. The molecule has 0 bridgehead atoms. The fraction of sp³-hybridized carbons (Fsp3) is 0.375. The third kappa shape index (κ3) is 2.54. The molecule has 0 spiro atoms. The molecule has 0 N–H and O–H groups in total. The molecular weight excluding hydrogens is 167 g/mol. The maximum absolute atomic E-state index is 11.1. The maximum atomic E-state index is 11.1. The number of aromatic nitrogens is 2. The van der Waals surface area contributed by atoms with Crippen molar-refractivity contribution in [1.29, 1.82) is 0 Å². The molecule has 66 valence electrons. The Morgan fingerprint density at radius 1 is 1.54 bits per heavy atom. The van der Waals surface area contributed by atoms with Gasteiger partial charge in [-0.05, 0) is 13.2 Å². The van der Waals surface area contributed by atoms with Gasteiger partial charge in [0, 0.05) is 6.20 Å². The van der Waals surface area contributed by atoms with Crippen LogP contribution in [0, 0.1) is 0 Å². The number of ether oxygens (including phenoxy) is 1. The van der Waals surface area contributed by atoms with Crippen molar-refractivity contribution in [2.45, 2.75) is 13.2 Å². The standard InChI is InChI=1S/C8H9BN2O2/c1-2-13-8(12)7-5-10-6(3-9)4-11-7/h4-5H,2-3H2,1H3. The summed E-state index contributed by atoms with van der Waals surface area (Å²) in [6.45, 7) is 2.07. The van der Waals surface area contributed by atoms with Crippen molar-refractivity contribution in [3.8, 4) is 0 Å². The van der Waals surface area contributed by atoms with Crippen molar-refractivity contribution in [2.75, 3.05) is 6.61 Å². The van der Waals surface area contributed by atoms with Crippen molar-refractivity contribution < 1.29 is 9.53 Å². The van der Waals surface area contributed by atoms with Crippen LogP contribution < -0.4 is 0 Å². The summed E-state index contributed by atoms with van der Waals surface area (Å²) in [7, 11) is 5.32. The molecule has 0 aliphatic rings.